The van der Waals surface area contributed by atoms with Crippen molar-refractivity contribution in [3.63, 3.8) is 0 Å². The van der Waals surface area contributed by atoms with Crippen LogP contribution in [0, 0.1) is 29.1 Å². The van der Waals surface area contributed by atoms with Crippen molar-refractivity contribution in [2.75, 3.05) is 6.61 Å². The van der Waals surface area contributed by atoms with Gasteiger partial charge in [-0.15, -0.1) is 0 Å². The zero-order valence-electron chi connectivity index (χ0n) is 21.1. The maximum Gasteiger partial charge on any atom is 0.0583 e. The molecular weight excluding hydrogens is 380 g/mol. The molecule has 2 N–H and O–H groups in total. The van der Waals surface area contributed by atoms with Crippen molar-refractivity contribution in [2.45, 2.75) is 111 Å². The smallest absolute Gasteiger partial charge is 0.0583 e. The summed E-state index contributed by atoms with van der Waals surface area (Å²) < 4.78 is 0. The third-order valence-electron chi connectivity index (χ3n) is 8.35. The first kappa shape index (κ1) is 26.4. The van der Waals surface area contributed by atoms with Crippen LogP contribution in [0.3, 0.4) is 0 Å². The van der Waals surface area contributed by atoms with Crippen LogP contribution < -0.4 is 0 Å². The highest BCUT2D eigenvalue weighted by Crippen LogP contribution is 2.59. The second kappa shape index (κ2) is 12.4. The summed E-state index contributed by atoms with van der Waals surface area (Å²) in [5.74, 6) is 3.37. The van der Waals surface area contributed by atoms with E-state index in [1.807, 2.05) is 0 Å². The molecule has 0 aromatic heterocycles. The molecule has 0 radical (unpaired) electrons. The Labute approximate surface area is 192 Å². The van der Waals surface area contributed by atoms with E-state index in [1.165, 1.54) is 62.5 Å². The van der Waals surface area contributed by atoms with E-state index in [0.29, 0.717) is 5.41 Å². The van der Waals surface area contributed by atoms with Crippen molar-refractivity contribution in [3.8, 4) is 0 Å². The molecule has 0 aromatic carbocycles. The molecular formula is C29H50O2. The summed E-state index contributed by atoms with van der Waals surface area (Å²) in [6.45, 7) is 16.0. The van der Waals surface area contributed by atoms with Gasteiger partial charge >= 0.3 is 0 Å². The van der Waals surface area contributed by atoms with Crippen LogP contribution in [0.15, 0.2) is 35.5 Å². The predicted octanol–water partition coefficient (Wildman–Crippen LogP) is 7.62. The van der Waals surface area contributed by atoms with Gasteiger partial charge in [-0.2, -0.15) is 0 Å². The highest BCUT2D eigenvalue weighted by Gasteiger charge is 2.50. The summed E-state index contributed by atoms with van der Waals surface area (Å²) in [5, 5.41) is 17.6. The van der Waals surface area contributed by atoms with E-state index in [1.54, 1.807) is 12.5 Å². The molecule has 0 bridgehead atoms. The summed E-state index contributed by atoms with van der Waals surface area (Å²) in [6, 6.07) is 0. The van der Waals surface area contributed by atoms with Gasteiger partial charge in [0.05, 0.1) is 6.10 Å². The zero-order valence-corrected chi connectivity index (χ0v) is 21.1. The van der Waals surface area contributed by atoms with Gasteiger partial charge in [0.1, 0.15) is 0 Å². The largest absolute Gasteiger partial charge is 0.397 e. The van der Waals surface area contributed by atoms with Crippen LogP contribution in [-0.4, -0.2) is 22.9 Å². The van der Waals surface area contributed by atoms with Crippen molar-refractivity contribution in [1.29, 1.82) is 0 Å². The first-order chi connectivity index (χ1) is 14.7. The SMILES string of the molecule is C=C1CC[C@H](O)C/C1=C/C=C1\CCC[C@]2(C)[C@@H]([C@H](C)CCCC(C)C)CC[C@@H]12.CCO. The van der Waals surface area contributed by atoms with E-state index in [9.17, 15) is 5.11 Å². The Morgan fingerprint density at radius 1 is 1.10 bits per heavy atom. The lowest BCUT2D eigenvalue weighted by Crippen LogP contribution is -2.36. The summed E-state index contributed by atoms with van der Waals surface area (Å²) in [4.78, 5) is 0. The Bertz CT molecular complexity index is 629. The fourth-order valence-corrected chi connectivity index (χ4v) is 6.66. The van der Waals surface area contributed by atoms with Gasteiger partial charge in [0.15, 0.2) is 0 Å². The molecule has 3 aliphatic rings. The lowest BCUT2D eigenvalue weighted by Gasteiger charge is -2.44. The van der Waals surface area contributed by atoms with Crippen LogP contribution in [-0.2, 0) is 0 Å². The lowest BCUT2D eigenvalue weighted by molar-refractivity contribution is 0.0929. The van der Waals surface area contributed by atoms with Gasteiger partial charge in [0.2, 0.25) is 0 Å². The van der Waals surface area contributed by atoms with Gasteiger partial charge < -0.3 is 10.2 Å². The van der Waals surface area contributed by atoms with Crippen molar-refractivity contribution in [3.05, 3.63) is 35.5 Å². The van der Waals surface area contributed by atoms with Gasteiger partial charge in [-0.05, 0) is 93.0 Å². The number of allylic oxidation sites excluding steroid dienone is 4. The molecule has 3 fully saturated rings. The summed E-state index contributed by atoms with van der Waals surface area (Å²) in [7, 11) is 0. The van der Waals surface area contributed by atoms with E-state index in [2.05, 4.69) is 46.4 Å². The van der Waals surface area contributed by atoms with E-state index in [0.717, 1.165) is 42.9 Å². The first-order valence-corrected chi connectivity index (χ1v) is 13.1. The monoisotopic (exact) mass is 430 g/mol. The van der Waals surface area contributed by atoms with Crippen LogP contribution in [0.2, 0.25) is 0 Å². The minimum atomic E-state index is -0.172. The molecule has 178 valence electrons. The predicted molar refractivity (Wildman–Crippen MR) is 134 cm³/mol. The van der Waals surface area contributed by atoms with E-state index >= 15 is 0 Å². The van der Waals surface area contributed by atoms with Gasteiger partial charge in [-0.25, -0.2) is 0 Å². The zero-order chi connectivity index (χ0) is 23.0. The number of aliphatic hydroxyl groups is 2. The summed E-state index contributed by atoms with van der Waals surface area (Å²) in [5.41, 5.74) is 4.72. The molecule has 31 heavy (non-hydrogen) atoms. The van der Waals surface area contributed by atoms with Crippen LogP contribution in [0.25, 0.3) is 0 Å². The normalized spacial score (nSPS) is 34.6. The van der Waals surface area contributed by atoms with Crippen molar-refractivity contribution < 1.29 is 10.2 Å². The van der Waals surface area contributed by atoms with Crippen LogP contribution in [0.4, 0.5) is 0 Å². The van der Waals surface area contributed by atoms with E-state index in [4.69, 9.17) is 5.11 Å². The Hall–Kier alpha value is -0.860. The molecule has 0 saturated heterocycles. The number of rotatable bonds is 6. The highest BCUT2D eigenvalue weighted by molar-refractivity contribution is 5.36. The third-order valence-corrected chi connectivity index (χ3v) is 8.35. The average molecular weight is 431 g/mol. The standard InChI is InChI=1S/C27H44O.C2H6O/c1-19(2)8-6-9-21(4)25-15-16-26-22(10-7-17-27(25,26)5)12-13-23-18-24(28)14-11-20(23)3;1-2-3/h12-13,19,21,24-26,28H,3,6-11,14-18H2,1-2,4-5H3;3H,2H2,1H3/b22-12+,23-13-;/t21-,24+,25-,26+,27-;/m1./s1. The molecule has 2 nitrogen and oxygen atoms in total. The van der Waals surface area contributed by atoms with Gasteiger partial charge in [0, 0.05) is 6.61 Å². The molecule has 0 aromatic rings. The number of hydrogen-bond acceptors (Lipinski definition) is 2. The molecule has 0 unspecified atom stereocenters. The fourth-order valence-electron chi connectivity index (χ4n) is 6.66. The third kappa shape index (κ3) is 7.06. The fraction of sp³-hybridized carbons (Fsp3) is 0.793. The molecule has 3 aliphatic carbocycles. The lowest BCUT2D eigenvalue weighted by atomic mass is 9.60. The Morgan fingerprint density at radius 2 is 1.81 bits per heavy atom. The number of aliphatic hydroxyl groups excluding tert-OH is 2. The summed E-state index contributed by atoms with van der Waals surface area (Å²) in [6.07, 6.45) is 18.2. The first-order valence-electron chi connectivity index (χ1n) is 13.1. The Kier molecular flexibility index (Phi) is 10.6. The van der Waals surface area contributed by atoms with E-state index < -0.39 is 0 Å². The molecule has 0 spiro atoms. The second-order valence-electron chi connectivity index (χ2n) is 11.1. The number of fused-ring (bicyclic) bond motifs is 1. The van der Waals surface area contributed by atoms with Crippen molar-refractivity contribution in [1.82, 2.24) is 0 Å². The van der Waals surface area contributed by atoms with Crippen LogP contribution >= 0.6 is 0 Å². The summed E-state index contributed by atoms with van der Waals surface area (Å²) >= 11 is 0. The maximum absolute atomic E-state index is 10.0. The second-order valence-corrected chi connectivity index (χ2v) is 11.1. The number of hydrogen-bond donors (Lipinski definition) is 2. The average Bonchev–Trinajstić information content (AvgIpc) is 3.06. The topological polar surface area (TPSA) is 40.5 Å². The molecule has 0 heterocycles. The molecule has 3 rings (SSSR count). The molecule has 2 heteroatoms. The minimum Gasteiger partial charge on any atom is -0.397 e. The van der Waals surface area contributed by atoms with Gasteiger partial charge in [-0.3, -0.25) is 0 Å². The van der Waals surface area contributed by atoms with Crippen molar-refractivity contribution in [2.24, 2.45) is 29.1 Å². The molecule has 0 amide bonds. The van der Waals surface area contributed by atoms with E-state index in [-0.39, 0.29) is 12.7 Å². The Morgan fingerprint density at radius 3 is 2.48 bits per heavy atom. The Balaban J connectivity index is 0.00000107. The highest BCUT2D eigenvalue weighted by atomic mass is 16.3. The van der Waals surface area contributed by atoms with Crippen LogP contribution in [0.5, 0.6) is 0 Å². The van der Waals surface area contributed by atoms with Crippen LogP contribution in [0.1, 0.15) is 105 Å². The van der Waals surface area contributed by atoms with Crippen molar-refractivity contribution >= 4 is 0 Å². The quantitative estimate of drug-likeness (QED) is 0.455. The maximum atomic E-state index is 10.0. The molecule has 5 atom stereocenters. The molecule has 0 aliphatic heterocycles. The minimum absolute atomic E-state index is 0.172. The molecule has 3 saturated carbocycles. The van der Waals surface area contributed by atoms with Gasteiger partial charge in [-0.1, -0.05) is 76.8 Å². The van der Waals surface area contributed by atoms with Gasteiger partial charge in [0.25, 0.3) is 0 Å².